The summed E-state index contributed by atoms with van der Waals surface area (Å²) in [4.78, 5) is 53.9. The van der Waals surface area contributed by atoms with Gasteiger partial charge in [0.2, 0.25) is 11.8 Å². The predicted octanol–water partition coefficient (Wildman–Crippen LogP) is 5.89. The van der Waals surface area contributed by atoms with Crippen molar-refractivity contribution in [3.63, 3.8) is 0 Å². The predicted molar refractivity (Wildman–Crippen MR) is 160 cm³/mol. The minimum atomic E-state index is -1.89. The van der Waals surface area contributed by atoms with Crippen LogP contribution in [0.5, 0.6) is 5.75 Å². The van der Waals surface area contributed by atoms with E-state index in [1.54, 1.807) is 44.2 Å². The van der Waals surface area contributed by atoms with Crippen LogP contribution in [0.4, 0.5) is 5.69 Å². The maximum Gasteiger partial charge on any atom is 0.254 e. The lowest BCUT2D eigenvalue weighted by Gasteiger charge is -2.51. The fraction of sp³-hybridized carbons (Fsp3) is 0.400. The number of likely N-dealkylation sites (tertiary alicyclic amines) is 1. The van der Waals surface area contributed by atoms with E-state index in [1.165, 1.54) is 4.90 Å². The molecule has 1 N–H and O–H groups in total. The number of amides is 4. The number of rotatable bonds is 3. The largest absolute Gasteiger partial charge is 0.507 e. The Bertz CT molecular complexity index is 1590. The van der Waals surface area contributed by atoms with Gasteiger partial charge in [-0.05, 0) is 73.9 Å². The molecule has 2 aliphatic heterocycles. The van der Waals surface area contributed by atoms with Crippen LogP contribution in [-0.4, -0.2) is 48.8 Å². The number of hydrogen-bond donors (Lipinski definition) is 1. The van der Waals surface area contributed by atoms with E-state index in [0.717, 1.165) is 10.5 Å². The monoisotopic (exact) mass is 678 g/mol. The first-order valence-electron chi connectivity index (χ1n) is 13.2. The highest BCUT2D eigenvalue weighted by molar-refractivity contribution is 9.09. The van der Waals surface area contributed by atoms with Crippen LogP contribution in [0.15, 0.2) is 42.0 Å². The molecule has 0 bridgehead atoms. The fourth-order valence-corrected chi connectivity index (χ4v) is 8.86. The smallest absolute Gasteiger partial charge is 0.254 e. The number of phenols is 1. The lowest BCUT2D eigenvalue weighted by Crippen LogP contribution is -2.60. The van der Waals surface area contributed by atoms with Gasteiger partial charge in [-0.25, -0.2) is 4.90 Å². The number of imide groups is 2. The zero-order chi connectivity index (χ0) is 29.8. The Morgan fingerprint density at radius 2 is 1.61 bits per heavy atom. The molecule has 6 atom stereocenters. The van der Waals surface area contributed by atoms with Crippen LogP contribution in [0.25, 0.3) is 0 Å². The van der Waals surface area contributed by atoms with E-state index in [-0.39, 0.29) is 30.0 Å². The number of carbonyl (C=O) groups is 4. The van der Waals surface area contributed by atoms with Gasteiger partial charge in [0.1, 0.15) is 5.75 Å². The van der Waals surface area contributed by atoms with Crippen LogP contribution in [-0.2, 0) is 19.2 Å². The van der Waals surface area contributed by atoms with Crippen molar-refractivity contribution in [1.29, 1.82) is 0 Å². The molecule has 0 radical (unpaired) electrons. The number of nitrogens with zero attached hydrogens (tertiary/aromatic N) is 2. The Morgan fingerprint density at radius 1 is 0.951 bits per heavy atom. The lowest BCUT2D eigenvalue weighted by atomic mass is 9.56. The highest BCUT2D eigenvalue weighted by atomic mass is 79.9. The number of allylic oxidation sites excluding steroid dienone is 2. The number of fused-ring (bicyclic) bond motifs is 4. The molecule has 2 saturated heterocycles. The molecule has 0 aromatic heterocycles. The van der Waals surface area contributed by atoms with E-state index in [1.807, 2.05) is 13.0 Å². The number of halogens is 4. The summed E-state index contributed by atoms with van der Waals surface area (Å²) >= 11 is 24.1. The van der Waals surface area contributed by atoms with Crippen LogP contribution in [0, 0.1) is 38.5 Å². The van der Waals surface area contributed by atoms with Gasteiger partial charge in [0.25, 0.3) is 11.8 Å². The van der Waals surface area contributed by atoms with E-state index in [4.69, 9.17) is 34.8 Å². The van der Waals surface area contributed by atoms with Gasteiger partial charge in [-0.1, -0.05) is 57.4 Å². The van der Waals surface area contributed by atoms with Crippen molar-refractivity contribution in [3.05, 3.63) is 69.3 Å². The minimum absolute atomic E-state index is 0.0901. The Kier molecular flexibility index (Phi) is 6.70. The van der Waals surface area contributed by atoms with Gasteiger partial charge in [0.05, 0.1) is 23.0 Å². The third-order valence-corrected chi connectivity index (χ3v) is 11.6. The first-order chi connectivity index (χ1) is 19.3. The molecule has 11 heteroatoms. The van der Waals surface area contributed by atoms with E-state index >= 15 is 0 Å². The summed E-state index contributed by atoms with van der Waals surface area (Å²) in [5, 5.41) is 10.9. The molecule has 41 heavy (non-hydrogen) atoms. The quantitative estimate of drug-likeness (QED) is 0.189. The van der Waals surface area contributed by atoms with Gasteiger partial charge in [-0.3, -0.25) is 24.1 Å². The molecule has 2 aromatic rings. The van der Waals surface area contributed by atoms with Crippen molar-refractivity contribution in [2.45, 2.75) is 49.3 Å². The normalized spacial score (nSPS) is 32.7. The molecule has 6 rings (SSSR count). The SMILES string of the molecule is Cc1ccc(N2C(=O)[C@H]3[C@H](CC=C4[C@H]3C[C@@]3(Cl)C(=O)N(CBr)C(=O)[C@@]3(Cl)[C@H]4c3cc(C)c(O)c(C)c3)C2=O)cc1Cl. The Morgan fingerprint density at radius 3 is 2.22 bits per heavy atom. The number of alkyl halides is 3. The number of aromatic hydroxyl groups is 1. The van der Waals surface area contributed by atoms with Gasteiger partial charge in [0, 0.05) is 10.9 Å². The Labute approximate surface area is 260 Å². The second kappa shape index (κ2) is 9.56. The van der Waals surface area contributed by atoms with Crippen LogP contribution < -0.4 is 4.90 Å². The average Bonchev–Trinajstić information content (AvgIpc) is 3.26. The van der Waals surface area contributed by atoms with Gasteiger partial charge < -0.3 is 5.11 Å². The van der Waals surface area contributed by atoms with Crippen molar-refractivity contribution < 1.29 is 24.3 Å². The summed E-state index contributed by atoms with van der Waals surface area (Å²) in [7, 11) is 0. The average molecular weight is 681 g/mol. The summed E-state index contributed by atoms with van der Waals surface area (Å²) in [5.74, 6) is -4.89. The summed E-state index contributed by atoms with van der Waals surface area (Å²) in [5.41, 5.74) is 3.54. The molecule has 3 fully saturated rings. The zero-order valence-electron chi connectivity index (χ0n) is 22.4. The van der Waals surface area contributed by atoms with E-state index in [2.05, 4.69) is 15.9 Å². The van der Waals surface area contributed by atoms with Crippen LogP contribution in [0.1, 0.15) is 41.0 Å². The maximum atomic E-state index is 14.1. The van der Waals surface area contributed by atoms with Crippen LogP contribution in [0.2, 0.25) is 5.02 Å². The molecule has 0 unspecified atom stereocenters. The standard InChI is InChI=1S/C30H26BrCl3N2O5/c1-13-4-5-17(10-21(13)32)36-25(38)19-7-6-18-20(22(19)26(36)39)11-29(33)27(40)35(12-31)28(41)30(29,34)23(18)16-8-14(2)24(37)15(3)9-16/h4-6,8-10,19-20,22-23,37H,7,11-12H2,1-3H3/t19-,20+,22-,23-,29+,30-/m0/s1. The van der Waals surface area contributed by atoms with Crippen molar-refractivity contribution >= 4 is 80.0 Å². The van der Waals surface area contributed by atoms with Crippen molar-refractivity contribution in [1.82, 2.24) is 4.90 Å². The summed E-state index contributed by atoms with van der Waals surface area (Å²) < 4.78 is 0. The van der Waals surface area contributed by atoms with Crippen LogP contribution >= 0.6 is 50.7 Å². The number of aryl methyl sites for hydroxylation is 3. The second-order valence-electron chi connectivity index (χ2n) is 11.4. The molecule has 2 aromatic carbocycles. The molecule has 7 nitrogen and oxygen atoms in total. The molecule has 2 aliphatic carbocycles. The fourth-order valence-electron chi connectivity index (χ4n) is 7.26. The summed E-state index contributed by atoms with van der Waals surface area (Å²) in [6.07, 6.45) is 2.06. The first kappa shape index (κ1) is 28.7. The molecular weight excluding hydrogens is 655 g/mol. The topological polar surface area (TPSA) is 95.0 Å². The molecule has 0 spiro atoms. The van der Waals surface area contributed by atoms with Crippen molar-refractivity contribution in [2.24, 2.45) is 17.8 Å². The third kappa shape index (κ3) is 3.69. The van der Waals surface area contributed by atoms with Crippen molar-refractivity contribution in [3.8, 4) is 5.75 Å². The molecule has 4 amide bonds. The van der Waals surface area contributed by atoms with Gasteiger partial charge in [-0.2, -0.15) is 0 Å². The van der Waals surface area contributed by atoms with Gasteiger partial charge in [-0.15, -0.1) is 23.2 Å². The minimum Gasteiger partial charge on any atom is -0.507 e. The number of hydrogen-bond acceptors (Lipinski definition) is 5. The van der Waals surface area contributed by atoms with Crippen LogP contribution in [0.3, 0.4) is 0 Å². The highest BCUT2D eigenvalue weighted by Gasteiger charge is 2.76. The third-order valence-electron chi connectivity index (χ3n) is 9.28. The number of phenolic OH excluding ortho intramolecular Hbond substituents is 1. The molecule has 214 valence electrons. The van der Waals surface area contributed by atoms with E-state index in [0.29, 0.717) is 33.0 Å². The summed E-state index contributed by atoms with van der Waals surface area (Å²) in [6.45, 7) is 5.31. The molecular formula is C30H26BrCl3N2O5. The van der Waals surface area contributed by atoms with Gasteiger partial charge in [0.15, 0.2) is 9.75 Å². The number of benzene rings is 2. The highest BCUT2D eigenvalue weighted by Crippen LogP contribution is 2.65. The molecule has 4 aliphatic rings. The Balaban J connectivity index is 1.53. The molecule has 1 saturated carbocycles. The zero-order valence-corrected chi connectivity index (χ0v) is 26.2. The molecule has 2 heterocycles. The second-order valence-corrected chi connectivity index (χ2v) is 13.6. The van der Waals surface area contributed by atoms with Crippen molar-refractivity contribution in [2.75, 3.05) is 10.4 Å². The lowest BCUT2D eigenvalue weighted by molar-refractivity contribution is -0.138. The first-order valence-corrected chi connectivity index (χ1v) is 15.5. The Hall–Kier alpha value is -2.39. The van der Waals surface area contributed by atoms with E-state index < -0.39 is 51.1 Å². The maximum absolute atomic E-state index is 14.1. The summed E-state index contributed by atoms with van der Waals surface area (Å²) in [6, 6.07) is 8.52. The number of anilines is 1. The van der Waals surface area contributed by atoms with E-state index in [9.17, 15) is 24.3 Å². The number of carbonyl (C=O) groups excluding carboxylic acids is 4. The van der Waals surface area contributed by atoms with Gasteiger partial charge >= 0.3 is 0 Å².